The SMILES string of the molecule is CCNC(=NCC(c1cccs1)N1CCCC1)NCCCS(=O)(=O)c1ccccc1.I. The lowest BCUT2D eigenvalue weighted by Crippen LogP contribution is -2.39. The van der Waals surface area contributed by atoms with Gasteiger partial charge in [-0.05, 0) is 62.9 Å². The lowest BCUT2D eigenvalue weighted by atomic mass is 10.2. The van der Waals surface area contributed by atoms with E-state index in [-0.39, 0.29) is 29.7 Å². The number of likely N-dealkylation sites (tertiary alicyclic amines) is 1. The summed E-state index contributed by atoms with van der Waals surface area (Å²) in [4.78, 5) is 9.07. The summed E-state index contributed by atoms with van der Waals surface area (Å²) < 4.78 is 24.8. The molecule has 1 aliphatic rings. The molecule has 1 saturated heterocycles. The number of aliphatic imine (C=N–C) groups is 1. The number of halogens is 1. The lowest BCUT2D eigenvalue weighted by Gasteiger charge is -2.25. The van der Waals surface area contributed by atoms with Crippen LogP contribution in [0.25, 0.3) is 0 Å². The number of benzene rings is 1. The van der Waals surface area contributed by atoms with Crippen LogP contribution in [0.4, 0.5) is 0 Å². The van der Waals surface area contributed by atoms with Crippen molar-refractivity contribution >= 4 is 51.1 Å². The van der Waals surface area contributed by atoms with E-state index in [4.69, 9.17) is 4.99 Å². The van der Waals surface area contributed by atoms with Gasteiger partial charge in [-0.2, -0.15) is 0 Å². The number of nitrogens with one attached hydrogen (secondary N) is 2. The first-order valence-electron chi connectivity index (χ1n) is 10.7. The zero-order chi connectivity index (χ0) is 21.2. The molecular formula is C22H33IN4O2S2. The maximum atomic E-state index is 12.4. The molecule has 6 nitrogen and oxygen atoms in total. The van der Waals surface area contributed by atoms with Crippen LogP contribution in [-0.4, -0.2) is 57.8 Å². The van der Waals surface area contributed by atoms with Crippen molar-refractivity contribution in [2.75, 3.05) is 38.5 Å². The quantitative estimate of drug-likeness (QED) is 0.194. The highest BCUT2D eigenvalue weighted by atomic mass is 127. The van der Waals surface area contributed by atoms with Crippen LogP contribution in [0, 0.1) is 0 Å². The van der Waals surface area contributed by atoms with E-state index in [0.29, 0.717) is 30.4 Å². The molecule has 0 amide bonds. The smallest absolute Gasteiger partial charge is 0.191 e. The summed E-state index contributed by atoms with van der Waals surface area (Å²) in [7, 11) is -3.24. The van der Waals surface area contributed by atoms with E-state index < -0.39 is 9.84 Å². The number of sulfone groups is 1. The average Bonchev–Trinajstić information content (AvgIpc) is 3.47. The van der Waals surface area contributed by atoms with Gasteiger partial charge in [0.2, 0.25) is 0 Å². The molecule has 0 aliphatic carbocycles. The average molecular weight is 577 g/mol. The van der Waals surface area contributed by atoms with Gasteiger partial charge in [0.05, 0.1) is 23.2 Å². The number of hydrogen-bond donors (Lipinski definition) is 2. The van der Waals surface area contributed by atoms with Crippen LogP contribution in [0.3, 0.4) is 0 Å². The van der Waals surface area contributed by atoms with E-state index in [9.17, 15) is 8.42 Å². The van der Waals surface area contributed by atoms with Gasteiger partial charge in [-0.1, -0.05) is 24.3 Å². The van der Waals surface area contributed by atoms with E-state index in [1.807, 2.05) is 13.0 Å². The molecule has 2 heterocycles. The van der Waals surface area contributed by atoms with E-state index in [1.165, 1.54) is 17.7 Å². The third kappa shape index (κ3) is 8.03. The second-order valence-electron chi connectivity index (χ2n) is 7.41. The summed E-state index contributed by atoms with van der Waals surface area (Å²) >= 11 is 1.79. The van der Waals surface area contributed by atoms with Crippen molar-refractivity contribution in [1.82, 2.24) is 15.5 Å². The molecule has 9 heteroatoms. The Bertz CT molecular complexity index is 883. The van der Waals surface area contributed by atoms with Gasteiger partial charge in [-0.15, -0.1) is 35.3 Å². The number of thiophene rings is 1. The molecule has 1 atom stereocenters. The topological polar surface area (TPSA) is 73.8 Å². The molecule has 0 radical (unpaired) electrons. The molecule has 2 N–H and O–H groups in total. The molecule has 172 valence electrons. The molecule has 0 saturated carbocycles. The molecule has 1 unspecified atom stereocenters. The monoisotopic (exact) mass is 576 g/mol. The summed E-state index contributed by atoms with van der Waals surface area (Å²) in [6.45, 7) is 6.30. The summed E-state index contributed by atoms with van der Waals surface area (Å²) in [5.74, 6) is 0.866. The Morgan fingerprint density at radius 1 is 1.13 bits per heavy atom. The Kier molecular flexibility index (Phi) is 11.3. The van der Waals surface area contributed by atoms with Crippen molar-refractivity contribution < 1.29 is 8.42 Å². The Morgan fingerprint density at radius 3 is 2.52 bits per heavy atom. The first kappa shape index (κ1) is 26.1. The fourth-order valence-corrected chi connectivity index (χ4v) is 5.84. The normalized spacial score (nSPS) is 16.0. The van der Waals surface area contributed by atoms with Crippen LogP contribution in [0.2, 0.25) is 0 Å². The number of hydrogen-bond acceptors (Lipinski definition) is 5. The second kappa shape index (κ2) is 13.4. The fourth-order valence-electron chi connectivity index (χ4n) is 3.65. The van der Waals surface area contributed by atoms with E-state index in [0.717, 1.165) is 25.6 Å². The van der Waals surface area contributed by atoms with Gasteiger partial charge in [0.25, 0.3) is 0 Å². The second-order valence-corrected chi connectivity index (χ2v) is 10.5. The molecule has 1 aromatic heterocycles. The summed E-state index contributed by atoms with van der Waals surface area (Å²) in [6.07, 6.45) is 3.03. The Hall–Kier alpha value is -1.17. The number of guanidine groups is 1. The highest BCUT2D eigenvalue weighted by Gasteiger charge is 2.24. The maximum absolute atomic E-state index is 12.4. The predicted octanol–water partition coefficient (Wildman–Crippen LogP) is 3.92. The summed E-state index contributed by atoms with van der Waals surface area (Å²) in [5.41, 5.74) is 0. The molecule has 1 aliphatic heterocycles. The molecule has 3 rings (SSSR count). The Morgan fingerprint density at radius 2 is 1.87 bits per heavy atom. The first-order valence-corrected chi connectivity index (χ1v) is 13.2. The van der Waals surface area contributed by atoms with Crippen LogP contribution in [-0.2, 0) is 9.84 Å². The van der Waals surface area contributed by atoms with Crippen molar-refractivity contribution in [3.8, 4) is 0 Å². The summed E-state index contributed by atoms with van der Waals surface area (Å²) in [5, 5.41) is 8.70. The Labute approximate surface area is 207 Å². The van der Waals surface area contributed by atoms with Gasteiger partial charge < -0.3 is 10.6 Å². The first-order chi connectivity index (χ1) is 14.6. The molecular weight excluding hydrogens is 543 g/mol. The largest absolute Gasteiger partial charge is 0.357 e. The number of rotatable bonds is 10. The highest BCUT2D eigenvalue weighted by molar-refractivity contribution is 14.0. The van der Waals surface area contributed by atoms with Crippen molar-refractivity contribution in [3.05, 3.63) is 52.7 Å². The third-order valence-corrected chi connectivity index (χ3v) is 7.99. The minimum Gasteiger partial charge on any atom is -0.357 e. The maximum Gasteiger partial charge on any atom is 0.191 e. The van der Waals surface area contributed by atoms with Crippen molar-refractivity contribution in [1.29, 1.82) is 0 Å². The van der Waals surface area contributed by atoms with Crippen LogP contribution in [0.15, 0.2) is 57.7 Å². The van der Waals surface area contributed by atoms with Crippen LogP contribution >= 0.6 is 35.3 Å². The van der Waals surface area contributed by atoms with Crippen LogP contribution in [0.1, 0.15) is 37.1 Å². The zero-order valence-corrected chi connectivity index (χ0v) is 22.0. The molecule has 1 fully saturated rings. The number of nitrogens with zero attached hydrogens (tertiary/aromatic N) is 2. The van der Waals surface area contributed by atoms with Gasteiger partial charge in [-0.3, -0.25) is 9.89 Å². The van der Waals surface area contributed by atoms with E-state index in [2.05, 4.69) is 33.0 Å². The van der Waals surface area contributed by atoms with Gasteiger partial charge in [0.15, 0.2) is 15.8 Å². The molecule has 0 bridgehead atoms. The van der Waals surface area contributed by atoms with Gasteiger partial charge in [-0.25, -0.2) is 8.42 Å². The summed E-state index contributed by atoms with van der Waals surface area (Å²) in [6, 6.07) is 13.2. The van der Waals surface area contributed by atoms with Gasteiger partial charge in [0.1, 0.15) is 0 Å². The zero-order valence-electron chi connectivity index (χ0n) is 18.0. The molecule has 1 aromatic carbocycles. The lowest BCUT2D eigenvalue weighted by molar-refractivity contribution is 0.255. The highest BCUT2D eigenvalue weighted by Crippen LogP contribution is 2.28. The van der Waals surface area contributed by atoms with Gasteiger partial charge >= 0.3 is 0 Å². The van der Waals surface area contributed by atoms with Crippen LogP contribution in [0.5, 0.6) is 0 Å². The van der Waals surface area contributed by atoms with Crippen LogP contribution < -0.4 is 10.6 Å². The Balaban J connectivity index is 0.00000341. The van der Waals surface area contributed by atoms with E-state index >= 15 is 0 Å². The molecule has 2 aromatic rings. The van der Waals surface area contributed by atoms with Crippen molar-refractivity contribution in [2.45, 2.75) is 37.1 Å². The third-order valence-electron chi connectivity index (χ3n) is 5.20. The molecule has 31 heavy (non-hydrogen) atoms. The minimum absolute atomic E-state index is 0. The fraction of sp³-hybridized carbons (Fsp3) is 0.500. The predicted molar refractivity (Wildman–Crippen MR) is 140 cm³/mol. The van der Waals surface area contributed by atoms with Crippen molar-refractivity contribution in [3.63, 3.8) is 0 Å². The van der Waals surface area contributed by atoms with Gasteiger partial charge in [0, 0.05) is 18.0 Å². The van der Waals surface area contributed by atoms with Crippen molar-refractivity contribution in [2.24, 2.45) is 4.99 Å². The standard InChI is InChI=1S/C22H32N4O2S2.HI/c1-2-23-22(24-13-9-17-30(27,28)19-10-4-3-5-11-19)25-18-20(21-12-8-16-29-21)26-14-6-7-15-26;/h3-5,8,10-12,16,20H,2,6-7,9,13-15,17-18H2,1H3,(H2,23,24,25);1H. The minimum atomic E-state index is -3.24. The molecule has 0 spiro atoms. The van der Waals surface area contributed by atoms with E-state index in [1.54, 1.807) is 35.6 Å².